The van der Waals surface area contributed by atoms with Gasteiger partial charge in [0.15, 0.2) is 0 Å². The molecule has 0 aliphatic heterocycles. The van der Waals surface area contributed by atoms with Crippen LogP contribution in [0.4, 0.5) is 0 Å². The molecule has 0 aromatic heterocycles. The molecule has 2 aliphatic carbocycles. The number of rotatable bonds is 4. The molecule has 0 bridgehead atoms. The van der Waals surface area contributed by atoms with Crippen molar-refractivity contribution in [3.05, 3.63) is 0 Å². The molecule has 2 rings (SSSR count). The van der Waals surface area contributed by atoms with Crippen LogP contribution in [0.5, 0.6) is 0 Å². The third kappa shape index (κ3) is 1.89. The van der Waals surface area contributed by atoms with E-state index < -0.39 is 0 Å². The van der Waals surface area contributed by atoms with Crippen molar-refractivity contribution >= 4 is 0 Å². The van der Waals surface area contributed by atoms with Crippen LogP contribution in [0, 0.1) is 11.3 Å². The van der Waals surface area contributed by atoms with Crippen LogP contribution in [-0.2, 0) is 0 Å². The minimum absolute atomic E-state index is 0.478. The van der Waals surface area contributed by atoms with Crippen LogP contribution in [0.1, 0.15) is 39.5 Å². The highest BCUT2D eigenvalue weighted by Gasteiger charge is 2.45. The Balaban J connectivity index is 1.68. The van der Waals surface area contributed by atoms with Gasteiger partial charge in [-0.1, -0.05) is 13.8 Å². The number of nitrogens with two attached hydrogens (primary N) is 1. The standard InChI is InChI=1S/C11H22N2/c1-8(2)11(3-4-11)7-13-10-5-9(12)6-10/h8-10,13H,3-7,12H2,1-2H3. The topological polar surface area (TPSA) is 38.0 Å². The van der Waals surface area contributed by atoms with Gasteiger partial charge < -0.3 is 11.1 Å². The lowest BCUT2D eigenvalue weighted by Crippen LogP contribution is -2.50. The Hall–Kier alpha value is -0.0800. The summed E-state index contributed by atoms with van der Waals surface area (Å²) >= 11 is 0. The van der Waals surface area contributed by atoms with Crippen molar-refractivity contribution in [3.63, 3.8) is 0 Å². The van der Waals surface area contributed by atoms with Crippen molar-refractivity contribution in [2.24, 2.45) is 17.1 Å². The van der Waals surface area contributed by atoms with Crippen LogP contribution in [0.2, 0.25) is 0 Å². The fourth-order valence-corrected chi connectivity index (χ4v) is 2.29. The van der Waals surface area contributed by atoms with Gasteiger partial charge in [0.2, 0.25) is 0 Å². The first-order valence-electron chi connectivity index (χ1n) is 5.61. The highest BCUT2D eigenvalue weighted by molar-refractivity contribution is 4.99. The molecule has 0 heterocycles. The molecule has 2 heteroatoms. The number of hydrogen-bond donors (Lipinski definition) is 2. The second-order valence-electron chi connectivity index (χ2n) is 5.33. The largest absolute Gasteiger partial charge is 0.328 e. The van der Waals surface area contributed by atoms with Gasteiger partial charge in [-0.05, 0) is 37.0 Å². The first-order valence-corrected chi connectivity index (χ1v) is 5.61. The summed E-state index contributed by atoms with van der Waals surface area (Å²) in [5.74, 6) is 0.841. The lowest BCUT2D eigenvalue weighted by molar-refractivity contribution is 0.248. The molecule has 2 saturated carbocycles. The molecular weight excluding hydrogens is 160 g/mol. The summed E-state index contributed by atoms with van der Waals surface area (Å²) < 4.78 is 0. The normalized spacial score (nSPS) is 36.0. The Morgan fingerprint density at radius 2 is 2.00 bits per heavy atom. The average molecular weight is 182 g/mol. The van der Waals surface area contributed by atoms with E-state index in [2.05, 4.69) is 19.2 Å². The Morgan fingerprint density at radius 3 is 2.38 bits per heavy atom. The summed E-state index contributed by atoms with van der Waals surface area (Å²) in [5, 5.41) is 3.65. The molecule has 0 aromatic rings. The van der Waals surface area contributed by atoms with Gasteiger partial charge in [0, 0.05) is 18.6 Å². The quantitative estimate of drug-likeness (QED) is 0.691. The molecular formula is C11H22N2. The molecule has 2 aliphatic rings. The smallest absolute Gasteiger partial charge is 0.00967 e. The van der Waals surface area contributed by atoms with E-state index in [0.717, 1.165) is 12.0 Å². The molecule has 0 saturated heterocycles. The molecule has 0 unspecified atom stereocenters. The van der Waals surface area contributed by atoms with Gasteiger partial charge in [-0.2, -0.15) is 0 Å². The van der Waals surface area contributed by atoms with E-state index in [0.29, 0.717) is 11.5 Å². The van der Waals surface area contributed by atoms with Crippen LogP contribution in [-0.4, -0.2) is 18.6 Å². The van der Waals surface area contributed by atoms with Crippen LogP contribution < -0.4 is 11.1 Å². The fourth-order valence-electron chi connectivity index (χ4n) is 2.29. The Bertz CT molecular complexity index is 179. The van der Waals surface area contributed by atoms with Crippen molar-refractivity contribution in [2.75, 3.05) is 6.54 Å². The first kappa shape index (κ1) is 9.47. The molecule has 0 radical (unpaired) electrons. The van der Waals surface area contributed by atoms with Gasteiger partial charge in [-0.15, -0.1) is 0 Å². The van der Waals surface area contributed by atoms with Crippen molar-refractivity contribution < 1.29 is 0 Å². The second kappa shape index (κ2) is 3.25. The van der Waals surface area contributed by atoms with Crippen LogP contribution >= 0.6 is 0 Å². The summed E-state index contributed by atoms with van der Waals surface area (Å²) in [4.78, 5) is 0. The van der Waals surface area contributed by atoms with E-state index in [4.69, 9.17) is 5.73 Å². The molecule has 2 nitrogen and oxygen atoms in total. The monoisotopic (exact) mass is 182 g/mol. The molecule has 13 heavy (non-hydrogen) atoms. The number of hydrogen-bond acceptors (Lipinski definition) is 2. The van der Waals surface area contributed by atoms with Crippen LogP contribution in [0.25, 0.3) is 0 Å². The van der Waals surface area contributed by atoms with Gasteiger partial charge in [-0.25, -0.2) is 0 Å². The molecule has 0 atom stereocenters. The zero-order valence-electron chi connectivity index (χ0n) is 8.84. The van der Waals surface area contributed by atoms with Crippen molar-refractivity contribution in [2.45, 2.75) is 51.6 Å². The van der Waals surface area contributed by atoms with E-state index in [1.54, 1.807) is 0 Å². The average Bonchev–Trinajstić information content (AvgIpc) is 2.76. The summed E-state index contributed by atoms with van der Waals surface area (Å²) in [6.45, 7) is 5.92. The lowest BCUT2D eigenvalue weighted by atomic mass is 9.86. The predicted molar refractivity (Wildman–Crippen MR) is 55.5 cm³/mol. The van der Waals surface area contributed by atoms with E-state index in [1.807, 2.05) is 0 Å². The SMILES string of the molecule is CC(C)C1(CNC2CC(N)C2)CC1. The molecule has 0 amide bonds. The minimum Gasteiger partial charge on any atom is -0.328 e. The highest BCUT2D eigenvalue weighted by atomic mass is 15.0. The van der Waals surface area contributed by atoms with Crippen molar-refractivity contribution in [1.29, 1.82) is 0 Å². The third-order valence-electron chi connectivity index (χ3n) is 4.03. The lowest BCUT2D eigenvalue weighted by Gasteiger charge is -2.35. The van der Waals surface area contributed by atoms with E-state index in [1.165, 1.54) is 32.2 Å². The maximum absolute atomic E-state index is 5.74. The Kier molecular flexibility index (Phi) is 2.37. The zero-order chi connectivity index (χ0) is 9.47. The minimum atomic E-state index is 0.478. The van der Waals surface area contributed by atoms with Crippen molar-refractivity contribution in [3.8, 4) is 0 Å². The van der Waals surface area contributed by atoms with Crippen LogP contribution in [0.3, 0.4) is 0 Å². The fraction of sp³-hybridized carbons (Fsp3) is 1.00. The third-order valence-corrected chi connectivity index (χ3v) is 4.03. The number of nitrogens with one attached hydrogen (secondary N) is 1. The molecule has 0 aromatic carbocycles. The summed E-state index contributed by atoms with van der Waals surface area (Å²) in [7, 11) is 0. The zero-order valence-corrected chi connectivity index (χ0v) is 8.84. The molecule has 0 spiro atoms. The van der Waals surface area contributed by atoms with Crippen LogP contribution in [0.15, 0.2) is 0 Å². The summed E-state index contributed by atoms with van der Waals surface area (Å²) in [6, 6.07) is 1.21. The van der Waals surface area contributed by atoms with Gasteiger partial charge in [0.05, 0.1) is 0 Å². The molecule has 2 fully saturated rings. The van der Waals surface area contributed by atoms with Gasteiger partial charge in [-0.3, -0.25) is 0 Å². The highest BCUT2D eigenvalue weighted by Crippen LogP contribution is 2.51. The molecule has 3 N–H and O–H groups in total. The Morgan fingerprint density at radius 1 is 1.38 bits per heavy atom. The summed E-state index contributed by atoms with van der Waals surface area (Å²) in [6.07, 6.45) is 5.23. The molecule has 76 valence electrons. The Labute approximate surface area is 81.3 Å². The van der Waals surface area contributed by atoms with E-state index in [-0.39, 0.29) is 0 Å². The van der Waals surface area contributed by atoms with Gasteiger partial charge in [0.1, 0.15) is 0 Å². The predicted octanol–water partition coefficient (Wildman–Crippen LogP) is 1.50. The van der Waals surface area contributed by atoms with E-state index >= 15 is 0 Å². The maximum atomic E-state index is 5.74. The van der Waals surface area contributed by atoms with Crippen molar-refractivity contribution in [1.82, 2.24) is 5.32 Å². The van der Waals surface area contributed by atoms with Gasteiger partial charge >= 0.3 is 0 Å². The first-order chi connectivity index (χ1) is 6.12. The second-order valence-corrected chi connectivity index (χ2v) is 5.33. The van der Waals surface area contributed by atoms with Gasteiger partial charge in [0.25, 0.3) is 0 Å². The summed E-state index contributed by atoms with van der Waals surface area (Å²) in [5.41, 5.74) is 6.40. The maximum Gasteiger partial charge on any atom is 0.00967 e. The van der Waals surface area contributed by atoms with E-state index in [9.17, 15) is 0 Å².